The maximum atomic E-state index is 14.2. The van der Waals surface area contributed by atoms with Gasteiger partial charge in [0.25, 0.3) is 0 Å². The molecular formula is C23H21F4N5O3. The number of hydrogen-bond acceptors (Lipinski definition) is 6. The van der Waals surface area contributed by atoms with Gasteiger partial charge in [0.05, 0.1) is 18.5 Å². The highest BCUT2D eigenvalue weighted by Crippen LogP contribution is 2.28. The normalized spacial score (nSPS) is 15.1. The fraction of sp³-hybridized carbons (Fsp3) is 0.304. The summed E-state index contributed by atoms with van der Waals surface area (Å²) in [5.41, 5.74) is 1.76. The van der Waals surface area contributed by atoms with Crippen molar-refractivity contribution in [3.63, 3.8) is 0 Å². The van der Waals surface area contributed by atoms with Crippen molar-refractivity contribution >= 4 is 11.6 Å². The summed E-state index contributed by atoms with van der Waals surface area (Å²) < 4.78 is 53.1. The zero-order valence-corrected chi connectivity index (χ0v) is 18.3. The van der Waals surface area contributed by atoms with Crippen molar-refractivity contribution in [2.75, 3.05) is 13.1 Å². The van der Waals surface area contributed by atoms with E-state index in [0.29, 0.717) is 16.9 Å². The fourth-order valence-corrected chi connectivity index (χ4v) is 3.84. The molecule has 4 aromatic rings. The molecular weight excluding hydrogens is 470 g/mol. The lowest BCUT2D eigenvalue weighted by molar-refractivity contribution is -0.192. The Balaban J connectivity index is 0.000000364. The average Bonchev–Trinajstić information content (AvgIpc) is 3.49. The fourth-order valence-electron chi connectivity index (χ4n) is 3.84. The monoisotopic (exact) mass is 491 g/mol. The van der Waals surface area contributed by atoms with E-state index in [1.807, 2.05) is 24.3 Å². The molecule has 35 heavy (non-hydrogen) atoms. The number of carboxylic acid groups (broad SMARTS) is 1. The second-order valence-corrected chi connectivity index (χ2v) is 7.96. The van der Waals surface area contributed by atoms with Gasteiger partial charge in [-0.1, -0.05) is 12.1 Å². The topological polar surface area (TPSA) is 96.8 Å². The number of likely N-dealkylation sites (tertiary alicyclic amines) is 1. The first-order valence-electron chi connectivity index (χ1n) is 10.7. The third kappa shape index (κ3) is 5.83. The molecule has 4 heterocycles. The number of benzene rings is 1. The lowest BCUT2D eigenvalue weighted by Gasteiger charge is -2.30. The van der Waals surface area contributed by atoms with Crippen LogP contribution in [0.15, 0.2) is 59.2 Å². The first-order valence-corrected chi connectivity index (χ1v) is 10.7. The highest BCUT2D eigenvalue weighted by atomic mass is 19.4. The van der Waals surface area contributed by atoms with E-state index in [0.717, 1.165) is 44.1 Å². The summed E-state index contributed by atoms with van der Waals surface area (Å²) in [6, 6.07) is 14.2. The Kier molecular flexibility index (Phi) is 7.10. The Morgan fingerprint density at radius 1 is 1.06 bits per heavy atom. The number of carbonyl (C=O) groups is 1. The van der Waals surface area contributed by atoms with E-state index in [9.17, 15) is 17.6 Å². The van der Waals surface area contributed by atoms with Crippen LogP contribution in [-0.2, 0) is 11.3 Å². The zero-order chi connectivity index (χ0) is 25.0. The van der Waals surface area contributed by atoms with E-state index >= 15 is 0 Å². The quantitative estimate of drug-likeness (QED) is 0.419. The number of fused-ring (bicyclic) bond motifs is 1. The van der Waals surface area contributed by atoms with Gasteiger partial charge in [-0.15, -0.1) is 10.2 Å². The van der Waals surface area contributed by atoms with Crippen molar-refractivity contribution < 1.29 is 31.9 Å². The minimum atomic E-state index is -5.08. The van der Waals surface area contributed by atoms with E-state index in [1.54, 1.807) is 29.0 Å². The number of rotatable bonds is 4. The molecule has 0 saturated carbocycles. The summed E-state index contributed by atoms with van der Waals surface area (Å²) >= 11 is 0. The lowest BCUT2D eigenvalue weighted by Crippen LogP contribution is -2.33. The highest BCUT2D eigenvalue weighted by Gasteiger charge is 2.38. The van der Waals surface area contributed by atoms with E-state index in [1.165, 1.54) is 6.07 Å². The maximum Gasteiger partial charge on any atom is 0.490 e. The second-order valence-electron chi connectivity index (χ2n) is 7.96. The van der Waals surface area contributed by atoms with Crippen molar-refractivity contribution in [1.82, 2.24) is 24.7 Å². The lowest BCUT2D eigenvalue weighted by atomic mass is 9.96. The number of aromatic nitrogens is 4. The molecule has 184 valence electrons. The molecule has 0 aliphatic carbocycles. The van der Waals surface area contributed by atoms with Crippen LogP contribution >= 0.6 is 0 Å². The van der Waals surface area contributed by atoms with Gasteiger partial charge in [-0.3, -0.25) is 4.90 Å². The van der Waals surface area contributed by atoms with Gasteiger partial charge in [0.1, 0.15) is 11.6 Å². The Morgan fingerprint density at radius 3 is 2.40 bits per heavy atom. The predicted molar refractivity (Wildman–Crippen MR) is 116 cm³/mol. The van der Waals surface area contributed by atoms with Crippen molar-refractivity contribution in [3.05, 3.63) is 72.2 Å². The maximum absolute atomic E-state index is 14.2. The Morgan fingerprint density at radius 2 is 1.77 bits per heavy atom. The van der Waals surface area contributed by atoms with Crippen LogP contribution in [0.1, 0.15) is 30.3 Å². The minimum absolute atomic E-state index is 0.282. The molecule has 0 radical (unpaired) electrons. The number of aliphatic carboxylic acids is 1. The number of carboxylic acids is 1. The third-order valence-electron chi connectivity index (χ3n) is 5.59. The summed E-state index contributed by atoms with van der Waals surface area (Å²) in [5.74, 6) is -0.914. The molecule has 3 aromatic heterocycles. The van der Waals surface area contributed by atoms with Gasteiger partial charge in [0.2, 0.25) is 0 Å². The van der Waals surface area contributed by atoms with Crippen LogP contribution < -0.4 is 0 Å². The summed E-state index contributed by atoms with van der Waals surface area (Å²) in [7, 11) is 0. The summed E-state index contributed by atoms with van der Waals surface area (Å²) in [5, 5.41) is 20.4. The smallest absolute Gasteiger partial charge is 0.475 e. The number of hydrogen-bond donors (Lipinski definition) is 1. The van der Waals surface area contributed by atoms with Gasteiger partial charge in [-0.2, -0.15) is 22.8 Å². The molecule has 5 rings (SSSR count). The molecule has 12 heteroatoms. The predicted octanol–water partition coefficient (Wildman–Crippen LogP) is 4.54. The van der Waals surface area contributed by atoms with Crippen LogP contribution in [0.2, 0.25) is 0 Å². The Bertz CT molecular complexity index is 1280. The van der Waals surface area contributed by atoms with Gasteiger partial charge in [0.15, 0.2) is 11.5 Å². The van der Waals surface area contributed by atoms with Gasteiger partial charge in [-0.05, 0) is 62.3 Å². The van der Waals surface area contributed by atoms with Crippen LogP contribution in [0, 0.1) is 5.82 Å². The van der Waals surface area contributed by atoms with E-state index in [2.05, 4.69) is 20.2 Å². The summed E-state index contributed by atoms with van der Waals surface area (Å²) in [6.07, 6.45) is -1.41. The molecule has 0 unspecified atom stereocenters. The first kappa shape index (κ1) is 24.3. The summed E-state index contributed by atoms with van der Waals surface area (Å²) in [6.45, 7) is 2.76. The van der Waals surface area contributed by atoms with Crippen molar-refractivity contribution in [2.24, 2.45) is 0 Å². The average molecular weight is 491 g/mol. The van der Waals surface area contributed by atoms with Crippen LogP contribution in [0.5, 0.6) is 0 Å². The Hall–Kier alpha value is -3.80. The molecule has 0 atom stereocenters. The molecule has 0 bridgehead atoms. The number of halogens is 4. The van der Waals surface area contributed by atoms with Gasteiger partial charge in [0, 0.05) is 11.5 Å². The molecule has 1 aromatic carbocycles. The molecule has 1 aliphatic heterocycles. The van der Waals surface area contributed by atoms with E-state index in [4.69, 9.17) is 14.3 Å². The summed E-state index contributed by atoms with van der Waals surface area (Å²) in [4.78, 5) is 11.3. The molecule has 0 spiro atoms. The number of piperidine rings is 1. The first-order chi connectivity index (χ1) is 16.7. The van der Waals surface area contributed by atoms with E-state index in [-0.39, 0.29) is 11.7 Å². The SMILES string of the molecule is Fc1ccccc1-c1ccc2nnc(C3CCN(Cc4ccco4)CC3)n2n1.O=C(O)C(F)(F)F. The molecule has 1 N–H and O–H groups in total. The second kappa shape index (κ2) is 10.2. The molecule has 8 nitrogen and oxygen atoms in total. The highest BCUT2D eigenvalue weighted by molar-refractivity contribution is 5.73. The van der Waals surface area contributed by atoms with Crippen LogP contribution in [0.25, 0.3) is 16.9 Å². The molecule has 1 aliphatic rings. The molecule has 0 amide bonds. The number of nitrogens with zero attached hydrogens (tertiary/aromatic N) is 5. The number of alkyl halides is 3. The molecule has 1 fully saturated rings. The van der Waals surface area contributed by atoms with Crippen LogP contribution in [0.4, 0.5) is 17.6 Å². The third-order valence-corrected chi connectivity index (χ3v) is 5.59. The van der Waals surface area contributed by atoms with Crippen molar-refractivity contribution in [1.29, 1.82) is 0 Å². The van der Waals surface area contributed by atoms with Crippen LogP contribution in [-0.4, -0.2) is 55.1 Å². The Labute approximate surface area is 196 Å². The van der Waals surface area contributed by atoms with Gasteiger partial charge in [-0.25, -0.2) is 9.18 Å². The van der Waals surface area contributed by atoms with Gasteiger partial charge < -0.3 is 9.52 Å². The number of furan rings is 1. The van der Waals surface area contributed by atoms with E-state index < -0.39 is 12.1 Å². The molecule has 1 saturated heterocycles. The van der Waals surface area contributed by atoms with Gasteiger partial charge >= 0.3 is 12.1 Å². The largest absolute Gasteiger partial charge is 0.490 e. The standard InChI is InChI=1S/C21H20FN5O.C2HF3O2/c22-18-6-2-1-5-17(18)19-7-8-20-23-24-21(27(20)25-19)15-9-11-26(12-10-15)14-16-4-3-13-28-16;3-2(4,5)1(6)7/h1-8,13,15H,9-12,14H2;(H,6,7). The zero-order valence-electron chi connectivity index (χ0n) is 18.3. The van der Waals surface area contributed by atoms with Crippen molar-refractivity contribution in [2.45, 2.75) is 31.5 Å². The van der Waals surface area contributed by atoms with Crippen molar-refractivity contribution in [3.8, 4) is 11.3 Å². The minimum Gasteiger partial charge on any atom is -0.475 e. The van der Waals surface area contributed by atoms with Crippen LogP contribution in [0.3, 0.4) is 0 Å².